The minimum absolute atomic E-state index is 0. The highest BCUT2D eigenvalue weighted by Gasteiger charge is 2.17. The van der Waals surface area contributed by atoms with Gasteiger partial charge in [0.2, 0.25) is 0 Å². The summed E-state index contributed by atoms with van der Waals surface area (Å²) in [5.74, 6) is -0.867. The largest absolute Gasteiger partial charge is 1.00 e. The van der Waals surface area contributed by atoms with Crippen LogP contribution in [0.2, 0.25) is 0 Å². The van der Waals surface area contributed by atoms with Crippen molar-refractivity contribution in [3.63, 3.8) is 0 Å². The van der Waals surface area contributed by atoms with Gasteiger partial charge in [0, 0.05) is 19.3 Å². The van der Waals surface area contributed by atoms with E-state index in [-0.39, 0.29) is 55.4 Å². The van der Waals surface area contributed by atoms with Gasteiger partial charge in [-0.15, -0.1) is 0 Å². The normalized spacial score (nSPS) is 11.0. The van der Waals surface area contributed by atoms with E-state index in [1.807, 2.05) is 30.3 Å². The average molecular weight is 555 g/mol. The van der Waals surface area contributed by atoms with Crippen molar-refractivity contribution in [2.24, 2.45) is 0 Å². The van der Waals surface area contributed by atoms with Crippen LogP contribution in [0.5, 0.6) is 0 Å². The van der Waals surface area contributed by atoms with Crippen molar-refractivity contribution in [1.29, 1.82) is 0 Å². The van der Waals surface area contributed by atoms with Gasteiger partial charge in [-0.3, -0.25) is 9.59 Å². The molecule has 7 N–H and O–H groups in total. The minimum Gasteiger partial charge on any atom is -1.00 e. The second-order valence-corrected chi connectivity index (χ2v) is 9.05. The smallest absolute Gasteiger partial charge is 0.332 e. The quantitative estimate of drug-likeness (QED) is 0.145. The molecule has 37 heavy (non-hydrogen) atoms. The number of aryl methyl sites for hydroxylation is 2. The van der Waals surface area contributed by atoms with E-state index in [4.69, 9.17) is 4.84 Å². The first kappa shape index (κ1) is 34.6. The maximum atomic E-state index is 12.1. The van der Waals surface area contributed by atoms with Gasteiger partial charge in [-0.1, -0.05) is 54.6 Å². The molecule has 1 atom stereocenters. The van der Waals surface area contributed by atoms with E-state index in [1.165, 1.54) is 11.1 Å². The number of halogens is 2. The lowest BCUT2D eigenvalue weighted by atomic mass is 10.0. The van der Waals surface area contributed by atoms with Crippen molar-refractivity contribution in [1.82, 2.24) is 5.48 Å². The molecule has 2 rings (SSSR count). The van der Waals surface area contributed by atoms with Crippen molar-refractivity contribution < 1.29 is 55.5 Å². The zero-order valence-corrected chi connectivity index (χ0v) is 23.1. The molecule has 0 aliphatic carbocycles. The Bertz CT molecular complexity index is 911. The molecule has 0 unspecified atom stereocenters. The van der Waals surface area contributed by atoms with Gasteiger partial charge in [-0.25, -0.2) is 4.79 Å². The molecule has 0 saturated heterocycles. The lowest BCUT2D eigenvalue weighted by molar-refractivity contribution is -0.405. The summed E-state index contributed by atoms with van der Waals surface area (Å²) in [5, 5.41) is 0. The lowest BCUT2D eigenvalue weighted by Crippen LogP contribution is -3.00. The van der Waals surface area contributed by atoms with Crippen molar-refractivity contribution in [3.05, 3.63) is 71.3 Å². The fourth-order valence-corrected chi connectivity index (χ4v) is 3.85. The number of amides is 1. The summed E-state index contributed by atoms with van der Waals surface area (Å²) in [7, 11) is 0. The van der Waals surface area contributed by atoms with E-state index in [2.05, 4.69) is 41.2 Å². The lowest BCUT2D eigenvalue weighted by Gasteiger charge is -2.08. The molecular formula is C28H41Cl2N3O4. The zero-order valence-electron chi connectivity index (χ0n) is 21.6. The molecule has 206 valence electrons. The van der Waals surface area contributed by atoms with Gasteiger partial charge in [-0.2, -0.15) is 5.48 Å². The van der Waals surface area contributed by atoms with E-state index < -0.39 is 5.97 Å². The standard InChI is InChI=1S/C28H39N3O4.2ClH/c29-20-7-6-13-25(30)26(32)14-8-15-28(34)35-31-27(33)21-24-18-16-23(17-19-24)12-5-4-11-22-9-2-1-3-10-22;;/h1-3,9-10,16-19,25H,4-8,11-15,20-21,29-30H2,(H,31,33);2*1H/t25-;;/m0../s1. The highest BCUT2D eigenvalue weighted by Crippen LogP contribution is 2.11. The molecule has 0 saturated carbocycles. The number of carbonyl (C=O) groups is 3. The molecule has 7 nitrogen and oxygen atoms in total. The molecule has 1 amide bonds. The Kier molecular flexibility index (Phi) is 19.2. The summed E-state index contributed by atoms with van der Waals surface area (Å²) in [6.07, 6.45) is 7.92. The summed E-state index contributed by atoms with van der Waals surface area (Å²) < 4.78 is 0. The molecule has 0 spiro atoms. The monoisotopic (exact) mass is 553 g/mol. The van der Waals surface area contributed by atoms with Crippen molar-refractivity contribution >= 4 is 17.7 Å². The number of hydrogen-bond acceptors (Lipinski definition) is 4. The predicted molar refractivity (Wildman–Crippen MR) is 135 cm³/mol. The van der Waals surface area contributed by atoms with Crippen LogP contribution in [-0.2, 0) is 38.5 Å². The van der Waals surface area contributed by atoms with E-state index in [0.717, 1.165) is 57.1 Å². The van der Waals surface area contributed by atoms with E-state index >= 15 is 0 Å². The Labute approximate surface area is 232 Å². The molecule has 2 aromatic rings. The maximum absolute atomic E-state index is 12.1. The van der Waals surface area contributed by atoms with Gasteiger partial charge in [0.05, 0.1) is 13.0 Å². The summed E-state index contributed by atoms with van der Waals surface area (Å²) in [6, 6.07) is 18.2. The minimum atomic E-state index is -0.547. The topological polar surface area (TPSA) is 128 Å². The second kappa shape index (κ2) is 20.6. The Morgan fingerprint density at radius 3 is 1.97 bits per heavy atom. The number of nitrogens with one attached hydrogen (secondary N) is 1. The summed E-state index contributed by atoms with van der Waals surface area (Å²) in [4.78, 5) is 40.8. The van der Waals surface area contributed by atoms with Crippen LogP contribution in [0.25, 0.3) is 0 Å². The van der Waals surface area contributed by atoms with Crippen LogP contribution in [0.4, 0.5) is 0 Å². The van der Waals surface area contributed by atoms with Gasteiger partial charge in [0.25, 0.3) is 5.91 Å². The van der Waals surface area contributed by atoms with Gasteiger partial charge in [0.1, 0.15) is 6.04 Å². The van der Waals surface area contributed by atoms with Gasteiger partial charge in [-0.05, 0) is 61.6 Å². The van der Waals surface area contributed by atoms with Crippen LogP contribution >= 0.6 is 0 Å². The van der Waals surface area contributed by atoms with E-state index in [9.17, 15) is 14.4 Å². The van der Waals surface area contributed by atoms with E-state index in [1.54, 1.807) is 0 Å². The molecule has 0 aromatic heterocycles. The third-order valence-electron chi connectivity index (χ3n) is 6.00. The number of hydrogen-bond donors (Lipinski definition) is 3. The van der Waals surface area contributed by atoms with Gasteiger partial charge < -0.3 is 41.1 Å². The number of benzene rings is 2. The van der Waals surface area contributed by atoms with Crippen LogP contribution in [0.1, 0.15) is 68.1 Å². The number of carbonyl (C=O) groups excluding carboxylic acids is 3. The predicted octanol–water partition coefficient (Wildman–Crippen LogP) is -3.86. The molecule has 2 aromatic carbocycles. The zero-order chi connectivity index (χ0) is 25.3. The molecule has 0 bridgehead atoms. The number of Topliss-reactive ketones (excluding diaryl/α,β-unsaturated/α-hetero) is 1. The Morgan fingerprint density at radius 1 is 0.757 bits per heavy atom. The second-order valence-electron chi connectivity index (χ2n) is 9.05. The summed E-state index contributed by atoms with van der Waals surface area (Å²) in [5.41, 5.74) is 13.4. The fraction of sp³-hybridized carbons (Fsp3) is 0.464. The average Bonchev–Trinajstić information content (AvgIpc) is 2.87. The number of unbranched alkanes of at least 4 members (excludes halogenated alkanes) is 2. The molecule has 9 heteroatoms. The fourth-order valence-electron chi connectivity index (χ4n) is 3.85. The Hall–Kier alpha value is -2.45. The molecule has 0 heterocycles. The molecule has 0 aliphatic rings. The van der Waals surface area contributed by atoms with Crippen LogP contribution < -0.4 is 41.8 Å². The number of quaternary nitrogens is 2. The maximum Gasteiger partial charge on any atom is 0.332 e. The van der Waals surface area contributed by atoms with Crippen molar-refractivity contribution in [3.8, 4) is 0 Å². The summed E-state index contributed by atoms with van der Waals surface area (Å²) in [6.45, 7) is 0.860. The van der Waals surface area contributed by atoms with Crippen LogP contribution in [-0.4, -0.2) is 30.2 Å². The van der Waals surface area contributed by atoms with Crippen LogP contribution in [0.15, 0.2) is 54.6 Å². The molecule has 0 radical (unpaired) electrons. The van der Waals surface area contributed by atoms with Crippen LogP contribution in [0, 0.1) is 0 Å². The SMILES string of the molecule is [Cl-].[Cl-].[NH3+]CCCC[C@H]([NH3+])C(=O)CCCC(=O)ONC(=O)Cc1ccc(CCCCc2ccccc2)cc1. The first-order valence-electron chi connectivity index (χ1n) is 12.7. The number of hydroxylamine groups is 1. The third kappa shape index (κ3) is 15.4. The Balaban J connectivity index is 0.00000648. The van der Waals surface area contributed by atoms with Gasteiger partial charge >= 0.3 is 5.97 Å². The number of rotatable bonds is 16. The van der Waals surface area contributed by atoms with Gasteiger partial charge in [0.15, 0.2) is 5.78 Å². The summed E-state index contributed by atoms with van der Waals surface area (Å²) >= 11 is 0. The van der Waals surface area contributed by atoms with E-state index in [0.29, 0.717) is 12.8 Å². The first-order valence-corrected chi connectivity index (χ1v) is 12.7. The molecular weight excluding hydrogens is 513 g/mol. The molecule has 0 fully saturated rings. The highest BCUT2D eigenvalue weighted by atomic mass is 35.5. The highest BCUT2D eigenvalue weighted by molar-refractivity contribution is 5.83. The van der Waals surface area contributed by atoms with Crippen LogP contribution in [0.3, 0.4) is 0 Å². The van der Waals surface area contributed by atoms with Crippen molar-refractivity contribution in [2.75, 3.05) is 6.54 Å². The first-order chi connectivity index (χ1) is 17.0. The van der Waals surface area contributed by atoms with Crippen molar-refractivity contribution in [2.45, 2.75) is 76.7 Å². The Morgan fingerprint density at radius 2 is 1.35 bits per heavy atom. The molecule has 0 aliphatic heterocycles. The third-order valence-corrected chi connectivity index (χ3v) is 6.00. The number of ketones is 1.